The fraction of sp³-hybridized carbons (Fsp3) is 0.750. The first-order chi connectivity index (χ1) is 9.69. The molecule has 21 heavy (non-hydrogen) atoms. The quantitative estimate of drug-likeness (QED) is 0.398. The van der Waals surface area contributed by atoms with Crippen molar-refractivity contribution in [3.63, 3.8) is 0 Å². The lowest BCUT2D eigenvalue weighted by Gasteiger charge is -2.27. The largest absolute Gasteiger partial charge is 0.390 e. The van der Waals surface area contributed by atoms with Crippen LogP contribution in [-0.4, -0.2) is 75.3 Å². The van der Waals surface area contributed by atoms with Crippen LogP contribution in [0.2, 0.25) is 0 Å². The third-order valence-electron chi connectivity index (χ3n) is 2.77. The van der Waals surface area contributed by atoms with Gasteiger partial charge in [0.15, 0.2) is 0 Å². The molecule has 0 saturated carbocycles. The van der Waals surface area contributed by atoms with Crippen molar-refractivity contribution in [1.29, 1.82) is 0 Å². The van der Waals surface area contributed by atoms with Crippen LogP contribution in [0.3, 0.4) is 0 Å². The molecule has 0 aliphatic rings. The van der Waals surface area contributed by atoms with Gasteiger partial charge in [0.25, 0.3) is 0 Å². The van der Waals surface area contributed by atoms with Crippen LogP contribution in [0.4, 0.5) is 5.69 Å². The SMILES string of the molecule is CN(C)CC(C)(O)CNCC(O)Cn1cc([N+](=O)[O-])cn1. The van der Waals surface area contributed by atoms with E-state index in [2.05, 4.69) is 10.4 Å². The average Bonchev–Trinajstić information content (AvgIpc) is 2.75. The van der Waals surface area contributed by atoms with Crippen molar-refractivity contribution in [2.45, 2.75) is 25.2 Å². The zero-order chi connectivity index (χ0) is 16.0. The van der Waals surface area contributed by atoms with Crippen LogP contribution in [0.1, 0.15) is 6.92 Å². The van der Waals surface area contributed by atoms with E-state index in [4.69, 9.17) is 0 Å². The molecule has 0 saturated heterocycles. The Bertz CT molecular complexity index is 460. The van der Waals surface area contributed by atoms with Crippen LogP contribution in [-0.2, 0) is 6.54 Å². The number of hydrogen-bond acceptors (Lipinski definition) is 7. The molecule has 1 aromatic rings. The van der Waals surface area contributed by atoms with E-state index in [1.165, 1.54) is 10.9 Å². The van der Waals surface area contributed by atoms with Crippen LogP contribution in [0.15, 0.2) is 12.4 Å². The number of rotatable bonds is 9. The van der Waals surface area contributed by atoms with Gasteiger partial charge in [0, 0.05) is 19.6 Å². The third kappa shape index (κ3) is 6.63. The van der Waals surface area contributed by atoms with Gasteiger partial charge in [0.05, 0.1) is 23.2 Å². The van der Waals surface area contributed by atoms with Gasteiger partial charge >= 0.3 is 5.69 Å². The highest BCUT2D eigenvalue weighted by Crippen LogP contribution is 2.08. The number of aliphatic hydroxyl groups excluding tert-OH is 1. The van der Waals surface area contributed by atoms with Gasteiger partial charge in [-0.25, -0.2) is 0 Å². The number of hydrogen-bond donors (Lipinski definition) is 3. The molecule has 0 aromatic carbocycles. The Hall–Kier alpha value is -1.55. The molecular weight excluding hydrogens is 278 g/mol. The Morgan fingerprint density at radius 3 is 2.81 bits per heavy atom. The normalized spacial score (nSPS) is 15.9. The maximum absolute atomic E-state index is 10.5. The summed E-state index contributed by atoms with van der Waals surface area (Å²) in [6.07, 6.45) is 1.66. The highest BCUT2D eigenvalue weighted by Gasteiger charge is 2.21. The van der Waals surface area contributed by atoms with E-state index in [9.17, 15) is 20.3 Å². The second-order valence-electron chi connectivity index (χ2n) is 5.70. The summed E-state index contributed by atoms with van der Waals surface area (Å²) in [6.45, 7) is 2.96. The molecule has 0 spiro atoms. The van der Waals surface area contributed by atoms with E-state index in [0.717, 1.165) is 6.20 Å². The van der Waals surface area contributed by atoms with E-state index in [1.54, 1.807) is 6.92 Å². The van der Waals surface area contributed by atoms with E-state index >= 15 is 0 Å². The summed E-state index contributed by atoms with van der Waals surface area (Å²) in [7, 11) is 3.74. The minimum Gasteiger partial charge on any atom is -0.390 e. The highest BCUT2D eigenvalue weighted by molar-refractivity contribution is 5.20. The minimum absolute atomic E-state index is 0.107. The summed E-state index contributed by atoms with van der Waals surface area (Å²) in [5, 5.41) is 37.2. The van der Waals surface area contributed by atoms with Crippen LogP contribution < -0.4 is 5.32 Å². The number of nitrogens with zero attached hydrogens (tertiary/aromatic N) is 4. The fourth-order valence-electron chi connectivity index (χ4n) is 2.07. The average molecular weight is 301 g/mol. The van der Waals surface area contributed by atoms with Gasteiger partial charge in [-0.15, -0.1) is 0 Å². The molecule has 1 heterocycles. The molecule has 1 aromatic heterocycles. The summed E-state index contributed by atoms with van der Waals surface area (Å²) in [5.74, 6) is 0. The van der Waals surface area contributed by atoms with Crippen LogP contribution >= 0.6 is 0 Å². The predicted octanol–water partition coefficient (Wildman–Crippen LogP) is -0.946. The van der Waals surface area contributed by atoms with Crippen molar-refractivity contribution in [2.24, 2.45) is 0 Å². The second-order valence-corrected chi connectivity index (χ2v) is 5.70. The first-order valence-corrected chi connectivity index (χ1v) is 6.62. The second kappa shape index (κ2) is 7.46. The maximum Gasteiger partial charge on any atom is 0.306 e. The van der Waals surface area contributed by atoms with Gasteiger partial charge in [-0.05, 0) is 21.0 Å². The first-order valence-electron chi connectivity index (χ1n) is 6.62. The molecule has 2 atom stereocenters. The van der Waals surface area contributed by atoms with Gasteiger partial charge in [-0.3, -0.25) is 14.8 Å². The first kappa shape index (κ1) is 17.5. The molecule has 0 fully saturated rings. The lowest BCUT2D eigenvalue weighted by Crippen LogP contribution is -2.47. The lowest BCUT2D eigenvalue weighted by atomic mass is 10.1. The van der Waals surface area contributed by atoms with E-state index in [-0.39, 0.29) is 18.8 Å². The molecule has 3 N–H and O–H groups in total. The number of nitrogens with one attached hydrogen (secondary N) is 1. The molecule has 9 nitrogen and oxygen atoms in total. The summed E-state index contributed by atoms with van der Waals surface area (Å²) in [6, 6.07) is 0. The topological polar surface area (TPSA) is 117 Å². The van der Waals surface area contributed by atoms with E-state index < -0.39 is 16.6 Å². The standard InChI is InChI=1S/C12H23N5O4/c1-12(19,9-15(2)3)8-13-5-11(18)7-16-6-10(4-14-16)17(20)21/h4,6,11,13,18-19H,5,7-9H2,1-3H3. The molecule has 9 heteroatoms. The minimum atomic E-state index is -0.895. The van der Waals surface area contributed by atoms with Crippen molar-refractivity contribution in [3.05, 3.63) is 22.5 Å². The summed E-state index contributed by atoms with van der Waals surface area (Å²) < 4.78 is 1.32. The fourth-order valence-corrected chi connectivity index (χ4v) is 2.07. The predicted molar refractivity (Wildman–Crippen MR) is 76.9 cm³/mol. The van der Waals surface area contributed by atoms with Crippen molar-refractivity contribution >= 4 is 5.69 Å². The third-order valence-corrected chi connectivity index (χ3v) is 2.77. The summed E-state index contributed by atoms with van der Waals surface area (Å²) >= 11 is 0. The van der Waals surface area contributed by atoms with Gasteiger partial charge in [0.1, 0.15) is 12.4 Å². The molecule has 0 aliphatic carbocycles. The number of aromatic nitrogens is 2. The Morgan fingerprint density at radius 1 is 1.62 bits per heavy atom. The van der Waals surface area contributed by atoms with E-state index in [1.807, 2.05) is 19.0 Å². The number of aliphatic hydroxyl groups is 2. The maximum atomic E-state index is 10.5. The monoisotopic (exact) mass is 301 g/mol. The van der Waals surface area contributed by atoms with Crippen molar-refractivity contribution < 1.29 is 15.1 Å². The zero-order valence-corrected chi connectivity index (χ0v) is 12.6. The zero-order valence-electron chi connectivity index (χ0n) is 12.6. The van der Waals surface area contributed by atoms with Crippen LogP contribution in [0.5, 0.6) is 0 Å². The molecule has 0 radical (unpaired) electrons. The molecule has 0 amide bonds. The van der Waals surface area contributed by atoms with Gasteiger partial charge in [-0.1, -0.05) is 0 Å². The number of nitro groups is 1. The van der Waals surface area contributed by atoms with Crippen LogP contribution in [0, 0.1) is 10.1 Å². The van der Waals surface area contributed by atoms with Gasteiger partial charge in [0.2, 0.25) is 0 Å². The van der Waals surface area contributed by atoms with Crippen molar-refractivity contribution in [2.75, 3.05) is 33.7 Å². The molecule has 0 bridgehead atoms. The molecule has 2 unspecified atom stereocenters. The Kier molecular flexibility index (Phi) is 6.21. The Labute approximate surface area is 123 Å². The van der Waals surface area contributed by atoms with Gasteiger partial charge < -0.3 is 20.4 Å². The van der Waals surface area contributed by atoms with Gasteiger partial charge in [-0.2, -0.15) is 5.10 Å². The summed E-state index contributed by atoms with van der Waals surface area (Å²) in [4.78, 5) is 11.9. The molecule has 0 aliphatic heterocycles. The lowest BCUT2D eigenvalue weighted by molar-refractivity contribution is -0.385. The molecule has 120 valence electrons. The number of likely N-dealkylation sites (N-methyl/N-ethyl adjacent to an activating group) is 1. The summed E-state index contributed by atoms with van der Waals surface area (Å²) in [5.41, 5.74) is -1.00. The van der Waals surface area contributed by atoms with E-state index in [0.29, 0.717) is 13.1 Å². The van der Waals surface area contributed by atoms with Crippen LogP contribution in [0.25, 0.3) is 0 Å². The highest BCUT2D eigenvalue weighted by atomic mass is 16.6. The Balaban J connectivity index is 2.33. The van der Waals surface area contributed by atoms with Crippen molar-refractivity contribution in [1.82, 2.24) is 20.0 Å². The molecular formula is C12H23N5O4. The Morgan fingerprint density at radius 2 is 2.29 bits per heavy atom. The smallest absolute Gasteiger partial charge is 0.306 e. The van der Waals surface area contributed by atoms with Crippen molar-refractivity contribution in [3.8, 4) is 0 Å². The molecule has 1 rings (SSSR count).